The van der Waals surface area contributed by atoms with Gasteiger partial charge >= 0.3 is 0 Å². The van der Waals surface area contributed by atoms with Gasteiger partial charge in [-0.1, -0.05) is 104 Å². The lowest BCUT2D eigenvalue weighted by molar-refractivity contribution is 0.00526. The predicted molar refractivity (Wildman–Crippen MR) is 129 cm³/mol. The van der Waals surface area contributed by atoms with Crippen LogP contribution in [-0.2, 0) is 4.74 Å². The van der Waals surface area contributed by atoms with E-state index in [0.29, 0.717) is 6.10 Å². The van der Waals surface area contributed by atoms with Crippen LogP contribution in [0.3, 0.4) is 0 Å². The van der Waals surface area contributed by atoms with Crippen LogP contribution in [0.25, 0.3) is 0 Å². The van der Waals surface area contributed by atoms with Crippen LogP contribution >= 0.6 is 0 Å². The molecule has 1 nitrogen and oxygen atoms in total. The van der Waals surface area contributed by atoms with E-state index in [1.54, 1.807) is 0 Å². The Hall–Kier alpha value is -0.0400. The Kier molecular flexibility index (Phi) is 14.5. The first-order valence-electron chi connectivity index (χ1n) is 13.9. The maximum atomic E-state index is 6.22. The van der Waals surface area contributed by atoms with Gasteiger partial charge in [-0.05, 0) is 62.7 Å². The summed E-state index contributed by atoms with van der Waals surface area (Å²) in [6, 6.07) is 0. The van der Waals surface area contributed by atoms with Crippen LogP contribution < -0.4 is 0 Å². The molecule has 0 aliphatic heterocycles. The fourth-order valence-corrected chi connectivity index (χ4v) is 6.02. The van der Waals surface area contributed by atoms with E-state index in [1.165, 1.54) is 135 Å². The van der Waals surface area contributed by atoms with Crippen molar-refractivity contribution in [2.45, 2.75) is 155 Å². The van der Waals surface area contributed by atoms with E-state index in [-0.39, 0.29) is 0 Å². The van der Waals surface area contributed by atoms with Gasteiger partial charge in [0.1, 0.15) is 0 Å². The second-order valence-corrected chi connectivity index (χ2v) is 10.5. The number of hydrogen-bond acceptors (Lipinski definition) is 1. The quantitative estimate of drug-likeness (QED) is 0.232. The zero-order chi connectivity index (χ0) is 20.6. The fraction of sp³-hybridized carbons (Fsp3) is 1.00. The Morgan fingerprint density at radius 1 is 0.517 bits per heavy atom. The van der Waals surface area contributed by atoms with E-state index in [9.17, 15) is 0 Å². The highest BCUT2D eigenvalue weighted by atomic mass is 16.5. The lowest BCUT2D eigenvalue weighted by Gasteiger charge is -2.38. The van der Waals surface area contributed by atoms with Crippen molar-refractivity contribution in [3.05, 3.63) is 0 Å². The molecular weight excluding hydrogens is 352 g/mol. The summed E-state index contributed by atoms with van der Waals surface area (Å²) in [4.78, 5) is 0. The molecule has 0 unspecified atom stereocenters. The van der Waals surface area contributed by atoms with Gasteiger partial charge in [-0.3, -0.25) is 0 Å². The first kappa shape index (κ1) is 25.2. The number of ether oxygens (including phenoxy) is 1. The van der Waals surface area contributed by atoms with Crippen molar-refractivity contribution in [2.24, 2.45) is 17.8 Å². The Morgan fingerprint density at radius 3 is 1.59 bits per heavy atom. The topological polar surface area (TPSA) is 9.23 Å². The molecule has 0 heterocycles. The summed E-state index contributed by atoms with van der Waals surface area (Å²) in [6.07, 6.45) is 30.8. The van der Waals surface area contributed by atoms with E-state index in [0.717, 1.165) is 24.4 Å². The fourth-order valence-electron chi connectivity index (χ4n) is 6.02. The molecule has 0 atom stereocenters. The van der Waals surface area contributed by atoms with Gasteiger partial charge in [0, 0.05) is 6.61 Å². The molecule has 0 N–H and O–H groups in total. The molecule has 0 aromatic heterocycles. The Balaban J connectivity index is 1.45. The largest absolute Gasteiger partial charge is 0.378 e. The molecule has 2 fully saturated rings. The second kappa shape index (κ2) is 16.6. The average Bonchev–Trinajstić information content (AvgIpc) is 2.76. The molecule has 29 heavy (non-hydrogen) atoms. The molecule has 0 aromatic rings. The van der Waals surface area contributed by atoms with Gasteiger partial charge in [0.15, 0.2) is 0 Å². The van der Waals surface area contributed by atoms with Gasteiger partial charge < -0.3 is 4.74 Å². The molecule has 0 aromatic carbocycles. The number of unbranched alkanes of at least 4 members (excludes halogenated alkanes) is 10. The average molecular weight is 407 g/mol. The lowest BCUT2D eigenvalue weighted by Crippen LogP contribution is -2.28. The molecule has 2 aliphatic carbocycles. The molecule has 2 aliphatic rings. The summed E-state index contributed by atoms with van der Waals surface area (Å²) in [5.41, 5.74) is 0. The van der Waals surface area contributed by atoms with Crippen LogP contribution in [0.2, 0.25) is 0 Å². The molecule has 1 heteroatoms. The summed E-state index contributed by atoms with van der Waals surface area (Å²) in [5.74, 6) is 3.14. The number of hydrogen-bond donors (Lipinski definition) is 0. The molecule has 0 radical (unpaired) electrons. The van der Waals surface area contributed by atoms with Gasteiger partial charge in [0.05, 0.1) is 6.10 Å². The second-order valence-electron chi connectivity index (χ2n) is 10.5. The van der Waals surface area contributed by atoms with Crippen LogP contribution in [-0.4, -0.2) is 12.7 Å². The van der Waals surface area contributed by atoms with Crippen molar-refractivity contribution in [2.75, 3.05) is 6.61 Å². The molecule has 172 valence electrons. The van der Waals surface area contributed by atoms with Crippen molar-refractivity contribution in [1.82, 2.24) is 0 Å². The molecule has 0 spiro atoms. The van der Waals surface area contributed by atoms with E-state index >= 15 is 0 Å². The third kappa shape index (κ3) is 11.2. The van der Waals surface area contributed by atoms with Crippen molar-refractivity contribution in [3.8, 4) is 0 Å². The monoisotopic (exact) mass is 406 g/mol. The minimum atomic E-state index is 0.589. The summed E-state index contributed by atoms with van der Waals surface area (Å²) < 4.78 is 6.22. The highest BCUT2D eigenvalue weighted by molar-refractivity contribution is 4.82. The standard InChI is InChI=1S/C28H54O/c1-3-5-7-9-11-13-15-25-16-18-26(19-17-25)27-20-22-28(23-21-27)29-24-14-12-10-8-6-4-2/h25-28H,3-24H2,1-2H3/t25?,26?,27-,28-. The van der Waals surface area contributed by atoms with Crippen molar-refractivity contribution >= 4 is 0 Å². The van der Waals surface area contributed by atoms with Gasteiger partial charge in [-0.25, -0.2) is 0 Å². The molecule has 0 amide bonds. The molecule has 2 saturated carbocycles. The maximum absolute atomic E-state index is 6.22. The Bertz CT molecular complexity index is 349. The first-order valence-corrected chi connectivity index (χ1v) is 13.9. The molecule has 0 saturated heterocycles. The first-order chi connectivity index (χ1) is 14.3. The van der Waals surface area contributed by atoms with Crippen LogP contribution in [0.4, 0.5) is 0 Å². The summed E-state index contributed by atoms with van der Waals surface area (Å²) >= 11 is 0. The third-order valence-electron chi connectivity index (χ3n) is 8.09. The van der Waals surface area contributed by atoms with E-state index < -0.39 is 0 Å². The van der Waals surface area contributed by atoms with E-state index in [2.05, 4.69) is 13.8 Å². The van der Waals surface area contributed by atoms with Gasteiger partial charge in [0.2, 0.25) is 0 Å². The van der Waals surface area contributed by atoms with E-state index in [4.69, 9.17) is 4.74 Å². The minimum absolute atomic E-state index is 0.589. The zero-order valence-electron chi connectivity index (χ0n) is 20.3. The minimum Gasteiger partial charge on any atom is -0.378 e. The SMILES string of the molecule is CCCCCCCCO[C@H]1CC[C@H](C2CCC(CCCCCCCC)CC2)CC1. The highest BCUT2D eigenvalue weighted by Crippen LogP contribution is 2.41. The summed E-state index contributed by atoms with van der Waals surface area (Å²) in [6.45, 7) is 5.63. The molecule has 2 rings (SSSR count). The number of rotatable bonds is 16. The normalized spacial score (nSPS) is 27.9. The third-order valence-corrected chi connectivity index (χ3v) is 8.09. The van der Waals surface area contributed by atoms with Crippen LogP contribution in [0.1, 0.15) is 149 Å². The summed E-state index contributed by atoms with van der Waals surface area (Å²) in [7, 11) is 0. The Morgan fingerprint density at radius 2 is 1.00 bits per heavy atom. The van der Waals surface area contributed by atoms with E-state index in [1.807, 2.05) is 0 Å². The van der Waals surface area contributed by atoms with Gasteiger partial charge in [-0.2, -0.15) is 0 Å². The highest BCUT2D eigenvalue weighted by Gasteiger charge is 2.30. The zero-order valence-corrected chi connectivity index (χ0v) is 20.3. The molecule has 0 bridgehead atoms. The van der Waals surface area contributed by atoms with Crippen molar-refractivity contribution in [1.29, 1.82) is 0 Å². The Labute approximate surface area is 184 Å². The summed E-state index contributed by atoms with van der Waals surface area (Å²) in [5, 5.41) is 0. The van der Waals surface area contributed by atoms with Crippen LogP contribution in [0.15, 0.2) is 0 Å². The van der Waals surface area contributed by atoms with Crippen molar-refractivity contribution < 1.29 is 4.74 Å². The van der Waals surface area contributed by atoms with Gasteiger partial charge in [-0.15, -0.1) is 0 Å². The predicted octanol–water partition coefficient (Wildman–Crippen LogP) is 9.48. The maximum Gasteiger partial charge on any atom is 0.0575 e. The lowest BCUT2D eigenvalue weighted by atomic mass is 9.70. The smallest absolute Gasteiger partial charge is 0.0575 e. The van der Waals surface area contributed by atoms with Crippen molar-refractivity contribution in [3.63, 3.8) is 0 Å². The van der Waals surface area contributed by atoms with Crippen LogP contribution in [0, 0.1) is 17.8 Å². The molecular formula is C28H54O. The van der Waals surface area contributed by atoms with Crippen LogP contribution in [0.5, 0.6) is 0 Å². The van der Waals surface area contributed by atoms with Gasteiger partial charge in [0.25, 0.3) is 0 Å².